The summed E-state index contributed by atoms with van der Waals surface area (Å²) in [5, 5.41) is 4.45. The number of nitrogens with zero attached hydrogens (tertiary/aromatic N) is 1. The van der Waals surface area contributed by atoms with E-state index in [0.717, 1.165) is 11.1 Å². The number of nitrogen functional groups attached to an aromatic ring is 1. The minimum Gasteiger partial charge on any atom is -0.380 e. The molecule has 0 unspecified atom stereocenters. The van der Waals surface area contributed by atoms with E-state index < -0.39 is 0 Å². The Balaban J connectivity index is 2.22. The van der Waals surface area contributed by atoms with Crippen LogP contribution in [0.25, 0.3) is 22.5 Å². The molecule has 0 aliphatic heterocycles. The summed E-state index contributed by atoms with van der Waals surface area (Å²) < 4.78 is 18.8. The number of hydrogen-bond acceptors (Lipinski definition) is 3. The maximum atomic E-state index is 13.4. The number of aryl methyl sites for hydroxylation is 1. The van der Waals surface area contributed by atoms with Crippen LogP contribution < -0.4 is 5.73 Å². The second kappa shape index (κ2) is 5.22. The van der Waals surface area contributed by atoms with Crippen LogP contribution in [-0.4, -0.2) is 5.16 Å². The highest BCUT2D eigenvalue weighted by Crippen LogP contribution is 2.38. The zero-order valence-corrected chi connectivity index (χ0v) is 12.0. The Hall–Kier alpha value is -2.33. The van der Waals surface area contributed by atoms with Gasteiger partial charge in [0.15, 0.2) is 11.6 Å². The van der Waals surface area contributed by atoms with E-state index in [1.165, 1.54) is 12.1 Å². The first-order chi connectivity index (χ1) is 10.1. The van der Waals surface area contributed by atoms with E-state index in [4.69, 9.17) is 21.9 Å². The average Bonchev–Trinajstić information content (AvgIpc) is 2.80. The molecule has 0 spiro atoms. The number of hydrogen-bond donors (Lipinski definition) is 1. The van der Waals surface area contributed by atoms with Crippen molar-refractivity contribution in [3.05, 3.63) is 58.9 Å². The van der Waals surface area contributed by atoms with Gasteiger partial charge >= 0.3 is 0 Å². The lowest BCUT2D eigenvalue weighted by Crippen LogP contribution is -1.90. The fourth-order valence-electron chi connectivity index (χ4n) is 2.29. The molecule has 2 aromatic carbocycles. The van der Waals surface area contributed by atoms with Gasteiger partial charge in [-0.3, -0.25) is 0 Å². The lowest BCUT2D eigenvalue weighted by atomic mass is 9.98. The van der Waals surface area contributed by atoms with Gasteiger partial charge in [0.25, 0.3) is 0 Å². The van der Waals surface area contributed by atoms with Crippen molar-refractivity contribution < 1.29 is 8.91 Å². The third kappa shape index (κ3) is 2.50. The molecule has 0 aliphatic rings. The van der Waals surface area contributed by atoms with Gasteiger partial charge in [-0.2, -0.15) is 0 Å². The van der Waals surface area contributed by atoms with Gasteiger partial charge in [-0.05, 0) is 48.4 Å². The van der Waals surface area contributed by atoms with Crippen molar-refractivity contribution in [1.82, 2.24) is 5.16 Å². The van der Waals surface area contributed by atoms with Crippen molar-refractivity contribution in [2.45, 2.75) is 6.92 Å². The van der Waals surface area contributed by atoms with Crippen LogP contribution >= 0.6 is 11.6 Å². The predicted octanol–water partition coefficient (Wildman–Crippen LogP) is 4.69. The maximum Gasteiger partial charge on any atom is 0.177 e. The van der Waals surface area contributed by atoms with Crippen molar-refractivity contribution in [3.63, 3.8) is 0 Å². The first kappa shape index (κ1) is 13.6. The Bertz CT molecular complexity index is 814. The molecule has 3 aromatic rings. The molecule has 3 rings (SSSR count). The summed E-state index contributed by atoms with van der Waals surface area (Å²) in [7, 11) is 0. The van der Waals surface area contributed by atoms with Crippen LogP contribution in [0, 0.1) is 12.7 Å². The molecule has 0 amide bonds. The second-order valence-corrected chi connectivity index (χ2v) is 5.18. The molecule has 0 radical (unpaired) electrons. The van der Waals surface area contributed by atoms with Gasteiger partial charge in [0, 0.05) is 10.6 Å². The van der Waals surface area contributed by atoms with Crippen molar-refractivity contribution in [1.29, 1.82) is 0 Å². The van der Waals surface area contributed by atoms with Crippen LogP contribution in [0.5, 0.6) is 0 Å². The van der Waals surface area contributed by atoms with Crippen LogP contribution in [0.3, 0.4) is 0 Å². The minimum atomic E-state index is -0.341. The molecule has 0 atom stereocenters. The molecular formula is C16H12ClFN2O. The topological polar surface area (TPSA) is 52.0 Å². The Labute approximate surface area is 126 Å². The summed E-state index contributed by atoms with van der Waals surface area (Å²) in [6.07, 6.45) is 0. The summed E-state index contributed by atoms with van der Waals surface area (Å²) in [4.78, 5) is 0. The van der Waals surface area contributed by atoms with E-state index in [1.54, 1.807) is 18.2 Å². The van der Waals surface area contributed by atoms with Crippen LogP contribution in [0.4, 0.5) is 10.2 Å². The molecule has 0 saturated carbocycles. The largest absolute Gasteiger partial charge is 0.380 e. The summed E-state index contributed by atoms with van der Waals surface area (Å²) in [5.41, 5.74) is 8.84. The lowest BCUT2D eigenvalue weighted by molar-refractivity contribution is 0.436. The van der Waals surface area contributed by atoms with Crippen LogP contribution in [-0.2, 0) is 0 Å². The smallest absolute Gasteiger partial charge is 0.177 e. The molecular weight excluding hydrogens is 291 g/mol. The predicted molar refractivity (Wildman–Crippen MR) is 81.5 cm³/mol. The molecule has 2 N–H and O–H groups in total. The molecule has 3 nitrogen and oxygen atoms in total. The molecule has 0 aliphatic carbocycles. The van der Waals surface area contributed by atoms with Gasteiger partial charge in [0.2, 0.25) is 0 Å². The highest BCUT2D eigenvalue weighted by molar-refractivity contribution is 6.30. The van der Waals surface area contributed by atoms with E-state index in [0.29, 0.717) is 21.9 Å². The lowest BCUT2D eigenvalue weighted by Gasteiger charge is -2.06. The molecule has 106 valence electrons. The average molecular weight is 303 g/mol. The number of halogens is 2. The molecule has 1 aromatic heterocycles. The fraction of sp³-hybridized carbons (Fsp3) is 0.0625. The van der Waals surface area contributed by atoms with Gasteiger partial charge in [-0.25, -0.2) is 4.39 Å². The Morgan fingerprint density at radius 1 is 1.19 bits per heavy atom. The SMILES string of the molecule is Cc1cc(Cl)ccc1-c1onc(N)c1-c1cccc(F)c1. The van der Waals surface area contributed by atoms with Crippen molar-refractivity contribution in [2.24, 2.45) is 0 Å². The monoisotopic (exact) mass is 302 g/mol. The Morgan fingerprint density at radius 3 is 2.71 bits per heavy atom. The van der Waals surface area contributed by atoms with Gasteiger partial charge in [0.1, 0.15) is 5.82 Å². The first-order valence-electron chi connectivity index (χ1n) is 6.34. The molecule has 5 heteroatoms. The van der Waals surface area contributed by atoms with Crippen LogP contribution in [0.1, 0.15) is 5.56 Å². The van der Waals surface area contributed by atoms with Crippen molar-refractivity contribution in [2.75, 3.05) is 5.73 Å². The van der Waals surface area contributed by atoms with Crippen molar-refractivity contribution >= 4 is 17.4 Å². The fourth-order valence-corrected chi connectivity index (χ4v) is 2.52. The number of anilines is 1. The normalized spacial score (nSPS) is 10.8. The number of benzene rings is 2. The zero-order valence-electron chi connectivity index (χ0n) is 11.2. The van der Waals surface area contributed by atoms with E-state index >= 15 is 0 Å². The van der Waals surface area contributed by atoms with E-state index in [2.05, 4.69) is 5.16 Å². The van der Waals surface area contributed by atoms with Gasteiger partial charge in [0.05, 0.1) is 5.56 Å². The standard InChI is InChI=1S/C16H12ClFN2O/c1-9-7-11(17)5-6-13(9)15-14(16(19)20-21-15)10-3-2-4-12(18)8-10/h2-8H,1H3,(H2,19,20). The van der Waals surface area contributed by atoms with Gasteiger partial charge < -0.3 is 10.3 Å². The molecule has 21 heavy (non-hydrogen) atoms. The third-order valence-corrected chi connectivity index (χ3v) is 3.50. The molecule has 0 fully saturated rings. The van der Waals surface area contributed by atoms with Gasteiger partial charge in [-0.15, -0.1) is 0 Å². The molecule has 0 bridgehead atoms. The summed E-state index contributed by atoms with van der Waals surface area (Å²) in [6, 6.07) is 11.6. The number of aromatic nitrogens is 1. The summed E-state index contributed by atoms with van der Waals surface area (Å²) in [5.74, 6) is 0.393. The highest BCUT2D eigenvalue weighted by Gasteiger charge is 2.19. The van der Waals surface area contributed by atoms with Crippen molar-refractivity contribution in [3.8, 4) is 22.5 Å². The van der Waals surface area contributed by atoms with E-state index in [9.17, 15) is 4.39 Å². The van der Waals surface area contributed by atoms with Crippen LogP contribution in [0.2, 0.25) is 5.02 Å². The Kier molecular flexibility index (Phi) is 3.39. The Morgan fingerprint density at radius 2 is 2.00 bits per heavy atom. The molecule has 0 saturated heterocycles. The summed E-state index contributed by atoms with van der Waals surface area (Å²) in [6.45, 7) is 1.91. The third-order valence-electron chi connectivity index (χ3n) is 3.26. The zero-order chi connectivity index (χ0) is 15.0. The first-order valence-corrected chi connectivity index (χ1v) is 6.71. The summed E-state index contributed by atoms with van der Waals surface area (Å²) >= 11 is 5.97. The quantitative estimate of drug-likeness (QED) is 0.747. The number of rotatable bonds is 2. The van der Waals surface area contributed by atoms with Gasteiger partial charge in [-0.1, -0.05) is 28.9 Å². The number of nitrogens with two attached hydrogens (primary N) is 1. The van der Waals surface area contributed by atoms with Crippen LogP contribution in [0.15, 0.2) is 47.0 Å². The van der Waals surface area contributed by atoms with E-state index in [1.807, 2.05) is 19.1 Å². The molecule has 1 heterocycles. The minimum absolute atomic E-state index is 0.227. The maximum absolute atomic E-state index is 13.4. The highest BCUT2D eigenvalue weighted by atomic mass is 35.5. The van der Waals surface area contributed by atoms with E-state index in [-0.39, 0.29) is 11.6 Å². The second-order valence-electron chi connectivity index (χ2n) is 4.74.